The Hall–Kier alpha value is -4.09. The summed E-state index contributed by atoms with van der Waals surface area (Å²) in [5.74, 6) is -0.224. The molecule has 0 amide bonds. The van der Waals surface area contributed by atoms with Crippen LogP contribution < -0.4 is 4.74 Å². The number of carbonyl (C=O) groups is 1. The summed E-state index contributed by atoms with van der Waals surface area (Å²) in [6.07, 6.45) is -0.523. The number of carboxylic acid groups (broad SMARTS) is 1. The van der Waals surface area contributed by atoms with Crippen LogP contribution in [0.3, 0.4) is 0 Å². The summed E-state index contributed by atoms with van der Waals surface area (Å²) in [6, 6.07) is 32.9. The van der Waals surface area contributed by atoms with Gasteiger partial charge >= 0.3 is 5.97 Å². The first-order valence-electron chi connectivity index (χ1n) is 11.8. The van der Waals surface area contributed by atoms with E-state index in [1.807, 2.05) is 36.4 Å². The number of fused-ring (bicyclic) bond motifs is 3. The van der Waals surface area contributed by atoms with E-state index in [0.717, 1.165) is 22.3 Å². The highest BCUT2D eigenvalue weighted by Crippen LogP contribution is 2.33. The zero-order valence-electron chi connectivity index (χ0n) is 19.6. The Balaban J connectivity index is 1.40. The van der Waals surface area contributed by atoms with Gasteiger partial charge in [0.25, 0.3) is 0 Å². The molecule has 5 nitrogen and oxygen atoms in total. The van der Waals surface area contributed by atoms with E-state index >= 15 is 0 Å². The van der Waals surface area contributed by atoms with Crippen LogP contribution in [0.2, 0.25) is 0 Å². The molecule has 0 aliphatic heterocycles. The monoisotopic (exact) mass is 465 g/mol. The van der Waals surface area contributed by atoms with E-state index < -0.39 is 12.1 Å². The van der Waals surface area contributed by atoms with Crippen LogP contribution in [-0.2, 0) is 22.7 Å². The topological polar surface area (TPSA) is 60.7 Å². The Bertz CT molecular complexity index is 1460. The summed E-state index contributed by atoms with van der Waals surface area (Å²) in [5.41, 5.74) is 5.50. The number of rotatable bonds is 9. The number of aliphatic carboxylic acids is 1. The second kappa shape index (κ2) is 10.0. The number of carboxylic acids is 1. The van der Waals surface area contributed by atoms with Crippen molar-refractivity contribution in [2.24, 2.45) is 0 Å². The zero-order valence-corrected chi connectivity index (χ0v) is 19.6. The standard InChI is InChI=1S/C30H27NO4/c1-2-34-29(30(32)33)18-21-12-15-24(16-13-21)35-20-31-27-11-7-6-10-25(27)26-19-23(14-17-28(26)31)22-8-4-3-5-9-22/h3-17,19,29H,2,18,20H2,1H3,(H,32,33)/t29-/m0/s1. The number of hydrogen-bond acceptors (Lipinski definition) is 3. The molecule has 1 aromatic heterocycles. The van der Waals surface area contributed by atoms with E-state index in [2.05, 4.69) is 65.2 Å². The van der Waals surface area contributed by atoms with E-state index in [9.17, 15) is 9.90 Å². The second-order valence-electron chi connectivity index (χ2n) is 8.45. The van der Waals surface area contributed by atoms with E-state index in [1.165, 1.54) is 21.9 Å². The molecule has 1 N–H and O–H groups in total. The number of ether oxygens (including phenoxy) is 2. The number of para-hydroxylation sites is 1. The van der Waals surface area contributed by atoms with E-state index in [-0.39, 0.29) is 0 Å². The highest BCUT2D eigenvalue weighted by Gasteiger charge is 2.18. The average molecular weight is 466 g/mol. The van der Waals surface area contributed by atoms with Gasteiger partial charge in [-0.2, -0.15) is 0 Å². The smallest absolute Gasteiger partial charge is 0.333 e. The fourth-order valence-electron chi connectivity index (χ4n) is 4.50. The molecule has 5 rings (SSSR count). The van der Waals surface area contributed by atoms with Gasteiger partial charge in [0, 0.05) is 23.8 Å². The van der Waals surface area contributed by atoms with Gasteiger partial charge in [0.05, 0.1) is 11.0 Å². The summed E-state index contributed by atoms with van der Waals surface area (Å²) >= 11 is 0. The number of aromatic nitrogens is 1. The van der Waals surface area contributed by atoms with Crippen molar-refractivity contribution in [2.75, 3.05) is 6.61 Å². The molecule has 0 saturated carbocycles. The lowest BCUT2D eigenvalue weighted by Crippen LogP contribution is -2.26. The van der Waals surface area contributed by atoms with Gasteiger partial charge in [-0.15, -0.1) is 0 Å². The minimum Gasteiger partial charge on any atom is -0.479 e. The lowest BCUT2D eigenvalue weighted by Gasteiger charge is -2.13. The first-order chi connectivity index (χ1) is 17.1. The molecule has 1 atom stereocenters. The predicted molar refractivity (Wildman–Crippen MR) is 139 cm³/mol. The van der Waals surface area contributed by atoms with E-state index in [0.29, 0.717) is 19.8 Å². The quantitative estimate of drug-likeness (QED) is 0.269. The summed E-state index contributed by atoms with van der Waals surface area (Å²) in [5, 5.41) is 11.7. The predicted octanol–water partition coefficient (Wildman–Crippen LogP) is 6.53. The molecule has 0 saturated heterocycles. The third-order valence-electron chi connectivity index (χ3n) is 6.23. The van der Waals surface area contributed by atoms with Gasteiger partial charge in [-0.05, 0) is 53.9 Å². The summed E-state index contributed by atoms with van der Waals surface area (Å²) in [6.45, 7) is 2.53. The Morgan fingerprint density at radius 2 is 1.54 bits per heavy atom. The first kappa shape index (κ1) is 22.7. The molecular formula is C30H27NO4. The van der Waals surface area contributed by atoms with Crippen LogP contribution in [0, 0.1) is 0 Å². The molecule has 4 aromatic carbocycles. The van der Waals surface area contributed by atoms with Gasteiger partial charge in [-0.1, -0.05) is 66.7 Å². The Kier molecular flexibility index (Phi) is 6.51. The number of hydrogen-bond donors (Lipinski definition) is 1. The van der Waals surface area contributed by atoms with Gasteiger partial charge in [0.2, 0.25) is 0 Å². The molecule has 0 spiro atoms. The van der Waals surface area contributed by atoms with Crippen molar-refractivity contribution in [2.45, 2.75) is 26.2 Å². The molecule has 5 aromatic rings. The molecule has 5 heteroatoms. The summed E-state index contributed by atoms with van der Waals surface area (Å²) in [4.78, 5) is 11.4. The van der Waals surface area contributed by atoms with Crippen molar-refractivity contribution in [3.63, 3.8) is 0 Å². The van der Waals surface area contributed by atoms with Crippen LogP contribution in [0.4, 0.5) is 0 Å². The molecule has 0 aliphatic carbocycles. The van der Waals surface area contributed by atoms with Crippen LogP contribution in [0.25, 0.3) is 32.9 Å². The molecule has 0 unspecified atom stereocenters. The maximum Gasteiger partial charge on any atom is 0.333 e. The molecule has 0 radical (unpaired) electrons. The van der Waals surface area contributed by atoms with Gasteiger partial charge in [-0.3, -0.25) is 0 Å². The highest BCUT2D eigenvalue weighted by molar-refractivity contribution is 6.09. The van der Waals surface area contributed by atoms with Crippen LogP contribution >= 0.6 is 0 Å². The van der Waals surface area contributed by atoms with Crippen molar-refractivity contribution in [1.82, 2.24) is 4.57 Å². The van der Waals surface area contributed by atoms with Crippen molar-refractivity contribution in [3.05, 3.63) is 103 Å². The molecule has 1 heterocycles. The van der Waals surface area contributed by atoms with Crippen LogP contribution in [-0.4, -0.2) is 28.4 Å². The maximum absolute atomic E-state index is 11.4. The largest absolute Gasteiger partial charge is 0.479 e. The van der Waals surface area contributed by atoms with Gasteiger partial charge in [0.1, 0.15) is 5.75 Å². The van der Waals surface area contributed by atoms with E-state index in [1.54, 1.807) is 6.92 Å². The summed E-state index contributed by atoms with van der Waals surface area (Å²) in [7, 11) is 0. The Labute approximate surface area is 204 Å². The third kappa shape index (κ3) is 4.77. The van der Waals surface area contributed by atoms with E-state index in [4.69, 9.17) is 9.47 Å². The fourth-order valence-corrected chi connectivity index (χ4v) is 4.50. The molecule has 35 heavy (non-hydrogen) atoms. The lowest BCUT2D eigenvalue weighted by molar-refractivity contribution is -0.149. The van der Waals surface area contributed by atoms with Crippen molar-refractivity contribution in [1.29, 1.82) is 0 Å². The van der Waals surface area contributed by atoms with Crippen LogP contribution in [0.1, 0.15) is 12.5 Å². The SMILES string of the molecule is CCO[C@@H](Cc1ccc(OCn2c3ccccc3c3cc(-c4ccccc4)ccc32)cc1)C(=O)O. The fraction of sp³-hybridized carbons (Fsp3) is 0.167. The molecule has 0 aliphatic rings. The average Bonchev–Trinajstić information content (AvgIpc) is 3.21. The lowest BCUT2D eigenvalue weighted by atomic mass is 10.0. The summed E-state index contributed by atoms with van der Waals surface area (Å²) < 4.78 is 13.7. The molecule has 0 fully saturated rings. The molecule has 0 bridgehead atoms. The Morgan fingerprint density at radius 3 is 2.29 bits per heavy atom. The molecular weight excluding hydrogens is 438 g/mol. The zero-order chi connectivity index (χ0) is 24.2. The van der Waals surface area contributed by atoms with Crippen molar-refractivity contribution < 1.29 is 19.4 Å². The third-order valence-corrected chi connectivity index (χ3v) is 6.23. The van der Waals surface area contributed by atoms with Gasteiger partial charge in [0.15, 0.2) is 12.8 Å². The molecule has 176 valence electrons. The first-order valence-corrected chi connectivity index (χ1v) is 11.8. The number of nitrogens with zero attached hydrogens (tertiary/aromatic N) is 1. The highest BCUT2D eigenvalue weighted by atomic mass is 16.5. The minimum atomic E-state index is -0.950. The van der Waals surface area contributed by atoms with Crippen molar-refractivity contribution >= 4 is 27.8 Å². The minimum absolute atomic E-state index is 0.320. The maximum atomic E-state index is 11.4. The number of benzene rings is 4. The van der Waals surface area contributed by atoms with Crippen LogP contribution in [0.15, 0.2) is 97.1 Å². The van der Waals surface area contributed by atoms with Gasteiger partial charge < -0.3 is 19.1 Å². The van der Waals surface area contributed by atoms with Crippen LogP contribution in [0.5, 0.6) is 5.75 Å². The Morgan fingerprint density at radius 1 is 0.829 bits per heavy atom. The van der Waals surface area contributed by atoms with Crippen molar-refractivity contribution in [3.8, 4) is 16.9 Å². The normalized spacial score (nSPS) is 12.1. The second-order valence-corrected chi connectivity index (χ2v) is 8.45. The van der Waals surface area contributed by atoms with Gasteiger partial charge in [-0.25, -0.2) is 4.79 Å².